The molecule has 100 valence electrons. The molecule has 0 heterocycles. The van der Waals surface area contributed by atoms with Crippen molar-refractivity contribution in [3.8, 4) is 11.5 Å². The summed E-state index contributed by atoms with van der Waals surface area (Å²) in [5.41, 5.74) is 0.228. The van der Waals surface area contributed by atoms with Crippen LogP contribution >= 0.6 is 11.6 Å². The molecule has 18 heavy (non-hydrogen) atoms. The summed E-state index contributed by atoms with van der Waals surface area (Å²) in [7, 11) is 1.45. The van der Waals surface area contributed by atoms with Crippen LogP contribution in [0, 0.1) is 0 Å². The number of hydrogen-bond acceptors (Lipinski definition) is 3. The summed E-state index contributed by atoms with van der Waals surface area (Å²) in [6.45, 7) is 0.576. The third-order valence-electron chi connectivity index (χ3n) is 2.56. The molecule has 0 spiro atoms. The molecule has 0 saturated carbocycles. The molecule has 0 aliphatic rings. The standard InChI is InChI=1S/C13H18ClNO3/c1-18-11-7-5-6-10(12(11)16)13(17)15-9-4-2-3-8-14/h5-7,16H,2-4,8-9H2,1H3,(H,15,17). The van der Waals surface area contributed by atoms with E-state index in [-0.39, 0.29) is 17.2 Å². The largest absolute Gasteiger partial charge is 0.504 e. The second kappa shape index (κ2) is 7.82. The molecule has 2 N–H and O–H groups in total. The molecular formula is C13H18ClNO3. The number of alkyl halides is 1. The lowest BCUT2D eigenvalue weighted by Crippen LogP contribution is -2.24. The van der Waals surface area contributed by atoms with Crippen LogP contribution < -0.4 is 10.1 Å². The molecule has 0 aliphatic carbocycles. The van der Waals surface area contributed by atoms with E-state index in [0.717, 1.165) is 19.3 Å². The maximum atomic E-state index is 11.8. The van der Waals surface area contributed by atoms with Crippen molar-refractivity contribution >= 4 is 17.5 Å². The maximum absolute atomic E-state index is 11.8. The van der Waals surface area contributed by atoms with Crippen LogP contribution in [-0.4, -0.2) is 30.5 Å². The number of phenols is 1. The monoisotopic (exact) mass is 271 g/mol. The second-order valence-corrected chi connectivity index (χ2v) is 4.24. The van der Waals surface area contributed by atoms with Crippen LogP contribution in [0.3, 0.4) is 0 Å². The minimum absolute atomic E-state index is 0.127. The number of ether oxygens (including phenoxy) is 1. The van der Waals surface area contributed by atoms with Gasteiger partial charge in [0.1, 0.15) is 0 Å². The van der Waals surface area contributed by atoms with E-state index in [0.29, 0.717) is 18.2 Å². The van der Waals surface area contributed by atoms with Crippen molar-refractivity contribution in [1.29, 1.82) is 0 Å². The summed E-state index contributed by atoms with van der Waals surface area (Å²) in [6, 6.07) is 4.83. The Morgan fingerprint density at radius 1 is 1.39 bits per heavy atom. The van der Waals surface area contributed by atoms with Crippen molar-refractivity contribution in [1.82, 2.24) is 5.32 Å². The predicted molar refractivity (Wildman–Crippen MR) is 71.6 cm³/mol. The van der Waals surface area contributed by atoms with E-state index in [2.05, 4.69) is 5.32 Å². The summed E-state index contributed by atoms with van der Waals surface area (Å²) < 4.78 is 4.95. The second-order valence-electron chi connectivity index (χ2n) is 3.86. The van der Waals surface area contributed by atoms with E-state index in [9.17, 15) is 9.90 Å². The molecule has 0 atom stereocenters. The van der Waals surface area contributed by atoms with Crippen LogP contribution in [-0.2, 0) is 0 Å². The van der Waals surface area contributed by atoms with Crippen molar-refractivity contribution in [2.75, 3.05) is 19.5 Å². The number of nitrogens with one attached hydrogen (secondary N) is 1. The van der Waals surface area contributed by atoms with Crippen LogP contribution in [0.25, 0.3) is 0 Å². The lowest BCUT2D eigenvalue weighted by molar-refractivity contribution is 0.0949. The Morgan fingerprint density at radius 2 is 2.17 bits per heavy atom. The Balaban J connectivity index is 2.51. The number of carbonyl (C=O) groups is 1. The molecule has 1 aromatic rings. The number of aromatic hydroxyl groups is 1. The first-order valence-corrected chi connectivity index (χ1v) is 6.44. The van der Waals surface area contributed by atoms with Crippen LogP contribution in [0.15, 0.2) is 18.2 Å². The van der Waals surface area contributed by atoms with Gasteiger partial charge in [-0.3, -0.25) is 4.79 Å². The summed E-state index contributed by atoms with van der Waals surface area (Å²) in [5, 5.41) is 12.5. The van der Waals surface area contributed by atoms with Gasteiger partial charge in [0.2, 0.25) is 0 Å². The number of amides is 1. The molecule has 4 nitrogen and oxygen atoms in total. The van der Waals surface area contributed by atoms with E-state index in [4.69, 9.17) is 16.3 Å². The average Bonchev–Trinajstić information content (AvgIpc) is 2.38. The zero-order valence-electron chi connectivity index (χ0n) is 10.4. The van der Waals surface area contributed by atoms with Crippen molar-refractivity contribution in [2.45, 2.75) is 19.3 Å². The third-order valence-corrected chi connectivity index (χ3v) is 2.83. The highest BCUT2D eigenvalue weighted by Gasteiger charge is 2.13. The molecule has 0 aliphatic heterocycles. The van der Waals surface area contributed by atoms with E-state index < -0.39 is 0 Å². The number of carbonyl (C=O) groups excluding carboxylic acids is 1. The topological polar surface area (TPSA) is 58.6 Å². The van der Waals surface area contributed by atoms with E-state index in [1.165, 1.54) is 7.11 Å². The zero-order chi connectivity index (χ0) is 13.4. The number of rotatable bonds is 7. The van der Waals surface area contributed by atoms with Gasteiger partial charge in [-0.15, -0.1) is 11.6 Å². The predicted octanol–water partition coefficient (Wildman–Crippen LogP) is 2.54. The van der Waals surface area contributed by atoms with Crippen LogP contribution in [0.2, 0.25) is 0 Å². The molecule has 1 amide bonds. The van der Waals surface area contributed by atoms with Crippen LogP contribution in [0.5, 0.6) is 11.5 Å². The number of phenolic OH excluding ortho intramolecular Hbond substituents is 1. The van der Waals surface area contributed by atoms with Gasteiger partial charge in [-0.1, -0.05) is 12.5 Å². The molecule has 0 bridgehead atoms. The molecule has 1 rings (SSSR count). The molecule has 0 radical (unpaired) electrons. The summed E-state index contributed by atoms with van der Waals surface area (Å²) in [4.78, 5) is 11.8. The quantitative estimate of drug-likeness (QED) is 0.592. The van der Waals surface area contributed by atoms with E-state index >= 15 is 0 Å². The number of halogens is 1. The fourth-order valence-electron chi connectivity index (χ4n) is 1.56. The Kier molecular flexibility index (Phi) is 6.36. The molecule has 5 heteroatoms. The lowest BCUT2D eigenvalue weighted by Gasteiger charge is -2.09. The van der Waals surface area contributed by atoms with Crippen molar-refractivity contribution in [3.05, 3.63) is 23.8 Å². The summed E-state index contributed by atoms with van der Waals surface area (Å²) in [5.74, 6) is 0.519. The van der Waals surface area contributed by atoms with Gasteiger partial charge >= 0.3 is 0 Å². The normalized spacial score (nSPS) is 10.1. The van der Waals surface area contributed by atoms with E-state index in [1.54, 1.807) is 18.2 Å². The Labute approximate surface area is 112 Å². The van der Waals surface area contributed by atoms with Crippen molar-refractivity contribution in [3.63, 3.8) is 0 Å². The van der Waals surface area contributed by atoms with Gasteiger partial charge < -0.3 is 15.2 Å². The third kappa shape index (κ3) is 4.11. The van der Waals surface area contributed by atoms with Crippen molar-refractivity contribution < 1.29 is 14.6 Å². The number of unbranched alkanes of at least 4 members (excludes halogenated alkanes) is 2. The Bertz CT molecular complexity index is 396. The van der Waals surface area contributed by atoms with Crippen molar-refractivity contribution in [2.24, 2.45) is 0 Å². The van der Waals surface area contributed by atoms with Gasteiger partial charge in [0.25, 0.3) is 5.91 Å². The lowest BCUT2D eigenvalue weighted by atomic mass is 10.1. The summed E-state index contributed by atoms with van der Waals surface area (Å²) in [6.07, 6.45) is 2.80. The first kappa shape index (κ1) is 14.6. The first-order chi connectivity index (χ1) is 8.70. The minimum atomic E-state index is -0.294. The molecule has 1 aromatic carbocycles. The van der Waals surface area contributed by atoms with Gasteiger partial charge in [0, 0.05) is 12.4 Å². The SMILES string of the molecule is COc1cccc(C(=O)NCCCCCCl)c1O. The Hall–Kier alpha value is -1.42. The molecule has 0 unspecified atom stereocenters. The fraction of sp³-hybridized carbons (Fsp3) is 0.462. The van der Waals surface area contributed by atoms with Gasteiger partial charge in [-0.2, -0.15) is 0 Å². The molecule has 0 saturated heterocycles. The number of para-hydroxylation sites is 1. The first-order valence-electron chi connectivity index (χ1n) is 5.90. The summed E-state index contributed by atoms with van der Waals surface area (Å²) >= 11 is 5.56. The zero-order valence-corrected chi connectivity index (χ0v) is 11.2. The molecule has 0 aromatic heterocycles. The number of benzene rings is 1. The molecular weight excluding hydrogens is 254 g/mol. The van der Waals surface area contributed by atoms with Crippen LogP contribution in [0.1, 0.15) is 29.6 Å². The smallest absolute Gasteiger partial charge is 0.255 e. The van der Waals surface area contributed by atoms with Gasteiger partial charge in [0.15, 0.2) is 11.5 Å². The number of methoxy groups -OCH3 is 1. The van der Waals surface area contributed by atoms with Gasteiger partial charge in [0.05, 0.1) is 12.7 Å². The number of hydrogen-bond donors (Lipinski definition) is 2. The van der Waals surface area contributed by atoms with Gasteiger partial charge in [-0.25, -0.2) is 0 Å². The highest BCUT2D eigenvalue weighted by molar-refractivity contribution is 6.17. The average molecular weight is 272 g/mol. The highest BCUT2D eigenvalue weighted by Crippen LogP contribution is 2.29. The van der Waals surface area contributed by atoms with E-state index in [1.807, 2.05) is 0 Å². The molecule has 0 fully saturated rings. The van der Waals surface area contributed by atoms with Gasteiger partial charge in [-0.05, 0) is 25.0 Å². The van der Waals surface area contributed by atoms with Crippen LogP contribution in [0.4, 0.5) is 0 Å². The Morgan fingerprint density at radius 3 is 2.83 bits per heavy atom. The highest BCUT2D eigenvalue weighted by atomic mass is 35.5. The maximum Gasteiger partial charge on any atom is 0.255 e. The minimum Gasteiger partial charge on any atom is -0.504 e. The fourth-order valence-corrected chi connectivity index (χ4v) is 1.75.